The summed E-state index contributed by atoms with van der Waals surface area (Å²) < 4.78 is 0. The predicted molar refractivity (Wildman–Crippen MR) is 69.1 cm³/mol. The van der Waals surface area contributed by atoms with Crippen LogP contribution in [0, 0.1) is 0 Å². The van der Waals surface area contributed by atoms with Crippen molar-refractivity contribution in [3.05, 3.63) is 0 Å². The first-order chi connectivity index (χ1) is 8.68. The Labute approximate surface area is 108 Å². The van der Waals surface area contributed by atoms with Crippen molar-refractivity contribution in [3.63, 3.8) is 0 Å². The van der Waals surface area contributed by atoms with Gasteiger partial charge in [-0.25, -0.2) is 5.43 Å². The van der Waals surface area contributed by atoms with Crippen LogP contribution in [0.1, 0.15) is 51.4 Å². The minimum Gasteiger partial charge on any atom is -0.338 e. The summed E-state index contributed by atoms with van der Waals surface area (Å²) in [6.07, 6.45) is 7.94. The van der Waals surface area contributed by atoms with Gasteiger partial charge in [-0.05, 0) is 12.8 Å². The molecule has 0 atom stereocenters. The summed E-state index contributed by atoms with van der Waals surface area (Å²) in [5, 5.41) is 3.88. The highest BCUT2D eigenvalue weighted by atomic mass is 16.2. The number of hydrogen-bond acceptors (Lipinski definition) is 3. The van der Waals surface area contributed by atoms with Crippen LogP contribution < -0.4 is 5.43 Å². The standard InChI is InChI=1S/C13H21N3O2/c1-16(10-6-4-2-3-5-7-10)13(18)11-8-9-12(17)15-14-11/h10H,2-9H2,1H3,(H,15,17). The van der Waals surface area contributed by atoms with Crippen LogP contribution in [0.4, 0.5) is 0 Å². The second-order valence-electron chi connectivity index (χ2n) is 5.15. The fraction of sp³-hybridized carbons (Fsp3) is 0.769. The van der Waals surface area contributed by atoms with E-state index in [-0.39, 0.29) is 11.8 Å². The average Bonchev–Trinajstić information content (AvgIpc) is 2.67. The lowest BCUT2D eigenvalue weighted by Crippen LogP contribution is -2.43. The van der Waals surface area contributed by atoms with E-state index in [4.69, 9.17) is 0 Å². The van der Waals surface area contributed by atoms with Gasteiger partial charge in [0.25, 0.3) is 5.91 Å². The van der Waals surface area contributed by atoms with Crippen LogP contribution in [-0.4, -0.2) is 35.5 Å². The molecule has 0 saturated heterocycles. The molecule has 18 heavy (non-hydrogen) atoms. The number of nitrogens with one attached hydrogen (secondary N) is 1. The lowest BCUT2D eigenvalue weighted by molar-refractivity contribution is -0.125. The van der Waals surface area contributed by atoms with E-state index in [1.54, 1.807) is 0 Å². The van der Waals surface area contributed by atoms with Crippen LogP contribution >= 0.6 is 0 Å². The minimum absolute atomic E-state index is 0.0260. The normalized spacial score (nSPS) is 21.8. The van der Waals surface area contributed by atoms with Crippen molar-refractivity contribution >= 4 is 17.5 Å². The van der Waals surface area contributed by atoms with Crippen molar-refractivity contribution in [2.75, 3.05) is 7.05 Å². The van der Waals surface area contributed by atoms with Gasteiger partial charge in [-0.3, -0.25) is 9.59 Å². The zero-order chi connectivity index (χ0) is 13.0. The summed E-state index contributed by atoms with van der Waals surface area (Å²) in [6.45, 7) is 0. The second kappa shape index (κ2) is 5.98. The van der Waals surface area contributed by atoms with Crippen molar-refractivity contribution < 1.29 is 9.59 Å². The molecule has 0 aromatic rings. The second-order valence-corrected chi connectivity index (χ2v) is 5.15. The Morgan fingerprint density at radius 2 is 1.89 bits per heavy atom. The van der Waals surface area contributed by atoms with Gasteiger partial charge in [-0.1, -0.05) is 25.7 Å². The summed E-state index contributed by atoms with van der Waals surface area (Å²) >= 11 is 0. The first kappa shape index (κ1) is 13.1. The van der Waals surface area contributed by atoms with Gasteiger partial charge in [-0.15, -0.1) is 0 Å². The Balaban J connectivity index is 1.97. The van der Waals surface area contributed by atoms with E-state index in [2.05, 4.69) is 10.5 Å². The first-order valence-corrected chi connectivity index (χ1v) is 6.81. The zero-order valence-corrected chi connectivity index (χ0v) is 10.9. The number of hydrazone groups is 1. The maximum atomic E-state index is 12.3. The molecular formula is C13H21N3O2. The summed E-state index contributed by atoms with van der Waals surface area (Å²) in [5.41, 5.74) is 2.87. The Kier molecular flexibility index (Phi) is 4.33. The maximum absolute atomic E-state index is 12.3. The average molecular weight is 251 g/mol. The number of carbonyl (C=O) groups excluding carboxylic acids is 2. The lowest BCUT2D eigenvalue weighted by atomic mass is 10.1. The van der Waals surface area contributed by atoms with Crippen molar-refractivity contribution in [1.29, 1.82) is 0 Å². The first-order valence-electron chi connectivity index (χ1n) is 6.81. The van der Waals surface area contributed by atoms with E-state index in [9.17, 15) is 9.59 Å². The molecule has 0 aromatic carbocycles. The van der Waals surface area contributed by atoms with E-state index in [1.165, 1.54) is 25.7 Å². The third-order valence-corrected chi connectivity index (χ3v) is 3.84. The third kappa shape index (κ3) is 3.09. The highest BCUT2D eigenvalue weighted by molar-refractivity contribution is 6.39. The Bertz CT molecular complexity index is 357. The molecule has 0 spiro atoms. The summed E-state index contributed by atoms with van der Waals surface area (Å²) in [6, 6.07) is 0.334. The zero-order valence-electron chi connectivity index (χ0n) is 10.9. The van der Waals surface area contributed by atoms with Crippen LogP contribution in [0.25, 0.3) is 0 Å². The van der Waals surface area contributed by atoms with Gasteiger partial charge in [0.05, 0.1) is 0 Å². The molecule has 1 heterocycles. The molecule has 2 aliphatic rings. The molecule has 100 valence electrons. The number of amides is 2. The largest absolute Gasteiger partial charge is 0.338 e. The maximum Gasteiger partial charge on any atom is 0.270 e. The number of nitrogens with zero attached hydrogens (tertiary/aromatic N) is 2. The minimum atomic E-state index is -0.108. The van der Waals surface area contributed by atoms with E-state index in [1.807, 2.05) is 11.9 Å². The van der Waals surface area contributed by atoms with Crippen LogP contribution in [0.2, 0.25) is 0 Å². The fourth-order valence-electron chi connectivity index (χ4n) is 2.64. The van der Waals surface area contributed by atoms with E-state index in [0.29, 0.717) is 24.6 Å². The van der Waals surface area contributed by atoms with Crippen LogP contribution in [0.15, 0.2) is 5.10 Å². The van der Waals surface area contributed by atoms with Gasteiger partial charge in [0.15, 0.2) is 0 Å². The predicted octanol–water partition coefficient (Wildman–Crippen LogP) is 1.43. The number of carbonyl (C=O) groups is 2. The highest BCUT2D eigenvalue weighted by Crippen LogP contribution is 2.21. The molecule has 1 fully saturated rings. The molecule has 2 rings (SSSR count). The van der Waals surface area contributed by atoms with Gasteiger partial charge in [0.2, 0.25) is 5.91 Å². The molecule has 0 bridgehead atoms. The van der Waals surface area contributed by atoms with Gasteiger partial charge in [0, 0.05) is 25.9 Å². The third-order valence-electron chi connectivity index (χ3n) is 3.84. The summed E-state index contributed by atoms with van der Waals surface area (Å²) in [5.74, 6) is -0.134. The van der Waals surface area contributed by atoms with Crippen molar-refractivity contribution in [3.8, 4) is 0 Å². The Morgan fingerprint density at radius 3 is 2.44 bits per heavy atom. The molecule has 0 unspecified atom stereocenters. The number of rotatable bonds is 2. The molecule has 5 heteroatoms. The fourth-order valence-corrected chi connectivity index (χ4v) is 2.64. The highest BCUT2D eigenvalue weighted by Gasteiger charge is 2.26. The van der Waals surface area contributed by atoms with Crippen molar-refractivity contribution in [2.24, 2.45) is 5.10 Å². The van der Waals surface area contributed by atoms with E-state index in [0.717, 1.165) is 12.8 Å². The van der Waals surface area contributed by atoms with Crippen LogP contribution in [0.3, 0.4) is 0 Å². The molecule has 2 amide bonds. The smallest absolute Gasteiger partial charge is 0.270 e. The van der Waals surface area contributed by atoms with E-state index >= 15 is 0 Å². The summed E-state index contributed by atoms with van der Waals surface area (Å²) in [7, 11) is 1.86. The molecule has 0 aromatic heterocycles. The molecule has 1 aliphatic heterocycles. The quantitative estimate of drug-likeness (QED) is 0.755. The monoisotopic (exact) mass is 251 g/mol. The van der Waals surface area contributed by atoms with Crippen molar-refractivity contribution in [1.82, 2.24) is 10.3 Å². The molecule has 5 nitrogen and oxygen atoms in total. The summed E-state index contributed by atoms with van der Waals surface area (Å²) in [4.78, 5) is 25.1. The number of hydrogen-bond donors (Lipinski definition) is 1. The van der Waals surface area contributed by atoms with E-state index < -0.39 is 0 Å². The molecular weight excluding hydrogens is 230 g/mol. The molecule has 1 saturated carbocycles. The Morgan fingerprint density at radius 1 is 1.22 bits per heavy atom. The Hall–Kier alpha value is -1.39. The SMILES string of the molecule is CN(C(=O)C1=NNC(=O)CC1)C1CCCCCC1. The van der Waals surface area contributed by atoms with Gasteiger partial charge in [-0.2, -0.15) is 5.10 Å². The molecule has 1 aliphatic carbocycles. The lowest BCUT2D eigenvalue weighted by Gasteiger charge is -2.28. The van der Waals surface area contributed by atoms with Gasteiger partial charge < -0.3 is 4.90 Å². The topological polar surface area (TPSA) is 61.8 Å². The molecule has 1 N–H and O–H groups in total. The van der Waals surface area contributed by atoms with Gasteiger partial charge >= 0.3 is 0 Å². The van der Waals surface area contributed by atoms with Crippen molar-refractivity contribution in [2.45, 2.75) is 57.4 Å². The van der Waals surface area contributed by atoms with Crippen LogP contribution in [-0.2, 0) is 9.59 Å². The van der Waals surface area contributed by atoms with Gasteiger partial charge in [0.1, 0.15) is 5.71 Å². The van der Waals surface area contributed by atoms with Crippen LogP contribution in [0.5, 0.6) is 0 Å². The molecule has 0 radical (unpaired) electrons.